The first kappa shape index (κ1) is 48.5. The highest BCUT2D eigenvalue weighted by Crippen LogP contribution is 2.45. The zero-order valence-corrected chi connectivity index (χ0v) is 38.3. The number of aromatic hydroxyl groups is 2. The fourth-order valence-corrected chi connectivity index (χ4v) is 8.72. The first-order chi connectivity index (χ1) is 33.5. The van der Waals surface area contributed by atoms with Gasteiger partial charge in [-0.2, -0.15) is 20.5 Å². The van der Waals surface area contributed by atoms with Crippen LogP contribution in [-0.2, 0) is 30.4 Å². The molecule has 24 nitrogen and oxygen atoms in total. The van der Waals surface area contributed by atoms with Crippen molar-refractivity contribution in [3.63, 3.8) is 0 Å². The highest BCUT2D eigenvalue weighted by molar-refractivity contribution is 7.86. The predicted octanol–water partition coefficient (Wildman–Crippen LogP) is 9.85. The molecule has 0 heterocycles. The number of nitrogen functional groups attached to an aromatic ring is 4. The van der Waals surface area contributed by atoms with E-state index in [1.165, 1.54) is 84.9 Å². The molecule has 0 atom stereocenters. The van der Waals surface area contributed by atoms with Gasteiger partial charge in [-0.25, -0.2) is 25.3 Å². The van der Waals surface area contributed by atoms with Gasteiger partial charge in [0, 0.05) is 27.8 Å². The number of azo groups is 4. The second kappa shape index (κ2) is 18.8. The van der Waals surface area contributed by atoms with Gasteiger partial charge in [0.15, 0.2) is 11.5 Å². The molecule has 71 heavy (non-hydrogen) atoms. The summed E-state index contributed by atoms with van der Waals surface area (Å²) in [6.07, 6.45) is 0. The second-order valence-corrected chi connectivity index (χ2v) is 19.2. The fourth-order valence-electron chi connectivity index (χ4n) is 6.77. The van der Waals surface area contributed by atoms with Gasteiger partial charge in [-0.1, -0.05) is 12.1 Å². The molecule has 360 valence electrons. The number of nitrogens with two attached hydrogens (primary N) is 4. The first-order valence-corrected chi connectivity index (χ1v) is 24.2. The van der Waals surface area contributed by atoms with Crippen molar-refractivity contribution in [2.75, 3.05) is 28.3 Å². The van der Waals surface area contributed by atoms with Crippen LogP contribution in [-0.4, -0.2) is 49.1 Å². The summed E-state index contributed by atoms with van der Waals surface area (Å²) in [5.74, 6) is -1.51. The van der Waals surface area contributed by atoms with Crippen LogP contribution in [0.2, 0.25) is 0 Å². The van der Waals surface area contributed by atoms with Crippen molar-refractivity contribution in [3.05, 3.63) is 127 Å². The Hall–Kier alpha value is -8.99. The lowest BCUT2D eigenvalue weighted by Gasteiger charge is -2.16. The van der Waals surface area contributed by atoms with Crippen molar-refractivity contribution in [2.45, 2.75) is 14.7 Å². The molecule has 8 rings (SSSR count). The fraction of sp³-hybridized carbons (Fsp3) is 0. The minimum absolute atomic E-state index is 0.0218. The topological polar surface area (TPSA) is 427 Å². The zero-order valence-electron chi connectivity index (χ0n) is 35.8. The van der Waals surface area contributed by atoms with Crippen LogP contribution in [0.15, 0.2) is 183 Å². The van der Waals surface area contributed by atoms with E-state index >= 15 is 0 Å². The van der Waals surface area contributed by atoms with Gasteiger partial charge in [-0.05, 0) is 126 Å². The summed E-state index contributed by atoms with van der Waals surface area (Å²) < 4.78 is 111. The van der Waals surface area contributed by atoms with Gasteiger partial charge in [0.25, 0.3) is 0 Å². The average Bonchev–Trinajstić information content (AvgIpc) is 3.30. The maximum Gasteiger partial charge on any atom is 0.152 e. The molecule has 0 spiro atoms. The van der Waals surface area contributed by atoms with E-state index in [-0.39, 0.29) is 72.7 Å². The number of phenols is 2. The number of rotatable bonds is 13. The lowest BCUT2D eigenvalue weighted by Crippen LogP contribution is -2.03. The van der Waals surface area contributed by atoms with Crippen LogP contribution in [0.5, 0.6) is 11.5 Å². The van der Waals surface area contributed by atoms with E-state index in [9.17, 15) is 49.1 Å². The van der Waals surface area contributed by atoms with Crippen molar-refractivity contribution in [1.29, 1.82) is 0 Å². The summed E-state index contributed by atoms with van der Waals surface area (Å²) in [5.41, 5.74) is 23.8. The second-order valence-electron chi connectivity index (χ2n) is 15.1. The normalized spacial score (nSPS) is 12.6. The quantitative estimate of drug-likeness (QED) is 0.0321. The zero-order chi connectivity index (χ0) is 51.0. The summed E-state index contributed by atoms with van der Waals surface area (Å²) in [7, 11) is -15.8. The van der Waals surface area contributed by atoms with Crippen LogP contribution in [0.25, 0.3) is 21.5 Å². The van der Waals surface area contributed by atoms with Crippen LogP contribution < -0.4 is 28.3 Å². The summed E-state index contributed by atoms with van der Waals surface area (Å²) in [6.45, 7) is 0. The molecule has 0 bridgehead atoms. The molecule has 27 heteroatoms. The van der Waals surface area contributed by atoms with E-state index < -0.39 is 67.9 Å². The highest BCUT2D eigenvalue weighted by atomic mass is 32.2. The third-order valence-corrected chi connectivity index (χ3v) is 12.7. The van der Waals surface area contributed by atoms with E-state index in [4.69, 9.17) is 22.9 Å². The van der Waals surface area contributed by atoms with Gasteiger partial charge in [0.05, 0.1) is 54.5 Å². The van der Waals surface area contributed by atoms with E-state index in [0.717, 1.165) is 24.3 Å². The van der Waals surface area contributed by atoms with Crippen molar-refractivity contribution in [3.8, 4) is 11.5 Å². The molecule has 0 radical (unpaired) electrons. The molecule has 0 aliphatic heterocycles. The van der Waals surface area contributed by atoms with Crippen LogP contribution in [0, 0.1) is 0 Å². The molecule has 11 N–H and O–H groups in total. The average molecular weight is 1020 g/mol. The van der Waals surface area contributed by atoms with Gasteiger partial charge in [-0.3, -0.25) is 0 Å². The molecular weight excluding hydrogens is 983 g/mol. The highest BCUT2D eigenvalue weighted by Gasteiger charge is 2.20. The van der Waals surface area contributed by atoms with Gasteiger partial charge < -0.3 is 52.1 Å². The largest absolute Gasteiger partial charge is 0.744 e. The van der Waals surface area contributed by atoms with Crippen LogP contribution in [0.3, 0.4) is 0 Å². The van der Waals surface area contributed by atoms with Crippen molar-refractivity contribution < 1.29 is 49.1 Å². The Bertz CT molecular complexity index is 3970. The van der Waals surface area contributed by atoms with Gasteiger partial charge in [-0.15, -0.1) is 20.5 Å². The maximum absolute atomic E-state index is 12.5. The summed E-state index contributed by atoms with van der Waals surface area (Å²) >= 11 is 0. The number of nitrogens with one attached hydrogen (secondary N) is 1. The summed E-state index contributed by atoms with van der Waals surface area (Å²) in [5, 5.41) is 57.3. The molecule has 8 aromatic rings. The molecule has 0 amide bonds. The third kappa shape index (κ3) is 10.8. The number of nitrogens with zero attached hydrogens (tertiary/aromatic N) is 8. The molecule has 0 saturated heterocycles. The molecule has 0 unspecified atom stereocenters. The summed E-state index contributed by atoms with van der Waals surface area (Å²) in [4.78, 5) is -2.68. The smallest absolute Gasteiger partial charge is 0.152 e. The van der Waals surface area contributed by atoms with E-state index in [2.05, 4.69) is 46.2 Å². The number of hydrogen-bond acceptors (Lipinski definition) is 24. The molecule has 0 fully saturated rings. The van der Waals surface area contributed by atoms with Crippen molar-refractivity contribution in [1.82, 2.24) is 0 Å². The Labute approximate surface area is 401 Å². The Morgan fingerprint density at radius 1 is 0.408 bits per heavy atom. The van der Waals surface area contributed by atoms with Gasteiger partial charge in [0.1, 0.15) is 53.1 Å². The van der Waals surface area contributed by atoms with E-state index in [1.807, 2.05) is 0 Å². The maximum atomic E-state index is 12.5. The van der Waals surface area contributed by atoms with E-state index in [0.29, 0.717) is 17.1 Å². The van der Waals surface area contributed by atoms with Crippen LogP contribution >= 0.6 is 0 Å². The molecule has 0 aromatic heterocycles. The van der Waals surface area contributed by atoms with Gasteiger partial charge in [0.2, 0.25) is 0 Å². The predicted molar refractivity (Wildman–Crippen MR) is 259 cm³/mol. The number of fused-ring (bicyclic) bond motifs is 2. The number of anilines is 6. The Balaban J connectivity index is 1.05. The Morgan fingerprint density at radius 3 is 1.24 bits per heavy atom. The monoisotopic (exact) mass is 1010 g/mol. The SMILES string of the molecule is Nc1ccc(N=Nc2ccc3cc(S(=O)(=O)[O-])c(N=Nc4ccc(Nc5ccc(N=Nc6c(S(=O)(=O)[O-])cc7ccc(N=Nc8ccc(N)cc8N)cc7c6O)cc5S(=O)(=O)[O-])cc4)c(O)c3c2)c(N)c1. The molecule has 0 saturated carbocycles. The molecular formula is C44H32N13O11S3-3. The molecule has 8 aromatic carbocycles. The number of benzene rings is 8. The first-order valence-electron chi connectivity index (χ1n) is 20.0. The van der Waals surface area contributed by atoms with Crippen LogP contribution in [0.1, 0.15) is 0 Å². The summed E-state index contributed by atoms with van der Waals surface area (Å²) in [6, 6.07) is 28.0. The Kier molecular flexibility index (Phi) is 12.9. The molecule has 0 aliphatic rings. The lowest BCUT2D eigenvalue weighted by atomic mass is 10.1. The Morgan fingerprint density at radius 2 is 0.803 bits per heavy atom. The number of hydrogen-bond donors (Lipinski definition) is 7. The molecule has 0 aliphatic carbocycles. The number of phenolic OH excluding ortho intramolecular Hbond substituents is 2. The minimum atomic E-state index is -5.30. The standard InChI is InChI=1S/C44H35N13O11S3/c45-24-3-12-35(33(47)17-24)54-51-28-5-1-22-15-39(70(63,64)65)41(43(58)31(22)19-28)56-50-27-9-7-26(8-10-27)49-37-14-11-30(21-38(37)69(60,61)62)53-57-42-40(71(66,67)68)16-23-2-6-29(20-32(23)44(42)59)52-55-36-13-4-25(46)18-34(36)48/h1-21,49,58-59H,45-48H2,(H,60,61,62)(H,63,64,65)(H,66,67,68)/p-3. The van der Waals surface area contributed by atoms with Crippen molar-refractivity contribution >= 4 is 132 Å². The minimum Gasteiger partial charge on any atom is -0.744 e. The van der Waals surface area contributed by atoms with Crippen molar-refractivity contribution in [2.24, 2.45) is 40.9 Å². The van der Waals surface area contributed by atoms with E-state index in [1.54, 1.807) is 18.2 Å². The lowest BCUT2D eigenvalue weighted by molar-refractivity contribution is 0.457. The van der Waals surface area contributed by atoms with Crippen LogP contribution in [0.4, 0.5) is 79.6 Å². The van der Waals surface area contributed by atoms with Gasteiger partial charge >= 0.3 is 0 Å². The third-order valence-electron chi connectivity index (χ3n) is 10.2.